The first-order valence-electron chi connectivity index (χ1n) is 28.8. The van der Waals surface area contributed by atoms with Gasteiger partial charge in [-0.1, -0.05) is 218 Å². The van der Waals surface area contributed by atoms with Crippen LogP contribution in [0.2, 0.25) is 0 Å². The van der Waals surface area contributed by atoms with Crippen LogP contribution in [0.3, 0.4) is 0 Å². The summed E-state index contributed by atoms with van der Waals surface area (Å²) in [7, 11) is 0. The second-order valence-corrected chi connectivity index (χ2v) is 21.3. The zero-order valence-corrected chi connectivity index (χ0v) is 46.9. The molecule has 0 amide bonds. The normalized spacial score (nSPS) is 11.4. The summed E-state index contributed by atoms with van der Waals surface area (Å²) in [6.07, 6.45) is 0. The van der Waals surface area contributed by atoms with Gasteiger partial charge in [0.2, 0.25) is 0 Å². The maximum absolute atomic E-state index is 12.0. The van der Waals surface area contributed by atoms with E-state index in [0.717, 1.165) is 88.1 Å². The Hall–Kier alpha value is -12.5. The molecule has 0 aliphatic heterocycles. The van der Waals surface area contributed by atoms with Gasteiger partial charge in [-0.25, -0.2) is 44.9 Å². The van der Waals surface area contributed by atoms with E-state index < -0.39 is 0 Å². The number of rotatable bonds is 11. The zero-order valence-electron chi connectivity index (χ0n) is 46.9. The lowest BCUT2D eigenvalue weighted by molar-refractivity contribution is 1.06. The zero-order chi connectivity index (χ0) is 58.5. The third-order valence-electron chi connectivity index (χ3n) is 15.9. The molecule has 410 valence electrons. The first-order valence-corrected chi connectivity index (χ1v) is 28.8. The molecule has 16 aromatic rings. The minimum absolute atomic E-state index is 0.428. The average molecular weight is 1130 g/mol. The highest BCUT2D eigenvalue weighted by Crippen LogP contribution is 2.42. The van der Waals surface area contributed by atoms with Crippen molar-refractivity contribution in [3.8, 4) is 120 Å². The molecule has 0 aliphatic carbocycles. The molecule has 5 heterocycles. The highest BCUT2D eigenvalue weighted by molar-refractivity contribution is 6.12. The molecule has 0 radical (unpaired) electrons. The Bertz CT molecular complexity index is 4940. The third kappa shape index (κ3) is 9.16. The van der Waals surface area contributed by atoms with Crippen molar-refractivity contribution in [3.05, 3.63) is 285 Å². The van der Waals surface area contributed by atoms with Crippen LogP contribution in [-0.2, 0) is 0 Å². The number of nitriles is 1. The van der Waals surface area contributed by atoms with Gasteiger partial charge in [-0.15, -0.1) is 0 Å². The fourth-order valence-electron chi connectivity index (χ4n) is 11.8. The van der Waals surface area contributed by atoms with Crippen molar-refractivity contribution in [2.45, 2.75) is 0 Å². The molecule has 0 atom stereocenters. The summed E-state index contributed by atoms with van der Waals surface area (Å²) in [5, 5.41) is 15.9. The monoisotopic (exact) mass is 1130 g/mol. The minimum Gasteiger partial charge on any atom is -0.308 e. The van der Waals surface area contributed by atoms with Gasteiger partial charge < -0.3 is 9.13 Å². The van der Waals surface area contributed by atoms with Crippen molar-refractivity contribution in [1.29, 1.82) is 5.26 Å². The molecule has 0 saturated carbocycles. The lowest BCUT2D eigenvalue weighted by atomic mass is 10.0. The van der Waals surface area contributed by atoms with Gasteiger partial charge in [0, 0.05) is 71.6 Å². The highest BCUT2D eigenvalue weighted by atomic mass is 15.1. The summed E-state index contributed by atoms with van der Waals surface area (Å²) in [5.74, 6) is 4.80. The Morgan fingerprint density at radius 2 is 0.455 bits per heavy atom. The Balaban J connectivity index is 0.946. The van der Waals surface area contributed by atoms with E-state index in [9.17, 15) is 5.26 Å². The number of para-hydroxylation sites is 2. The van der Waals surface area contributed by atoms with Crippen LogP contribution in [0.5, 0.6) is 0 Å². The van der Waals surface area contributed by atoms with E-state index in [1.807, 2.05) is 218 Å². The van der Waals surface area contributed by atoms with Gasteiger partial charge in [-0.3, -0.25) is 0 Å². The number of aromatic nitrogens is 11. The number of hydrogen-bond donors (Lipinski definition) is 0. The summed E-state index contributed by atoms with van der Waals surface area (Å²) >= 11 is 0. The summed E-state index contributed by atoms with van der Waals surface area (Å²) in [4.78, 5) is 46.1. The number of hydrogen-bond acceptors (Lipinski definition) is 10. The Morgan fingerprint density at radius 3 is 0.739 bits per heavy atom. The van der Waals surface area contributed by atoms with Crippen LogP contribution in [0.1, 0.15) is 5.56 Å². The number of nitrogens with zero attached hydrogens (tertiary/aromatic N) is 12. The molecule has 12 nitrogen and oxygen atoms in total. The minimum atomic E-state index is 0.428. The first-order chi connectivity index (χ1) is 43.6. The van der Waals surface area contributed by atoms with Crippen molar-refractivity contribution < 1.29 is 0 Å². The molecule has 0 spiro atoms. The quantitative estimate of drug-likeness (QED) is 0.122. The van der Waals surface area contributed by atoms with Gasteiger partial charge in [-0.05, 0) is 60.7 Å². The summed E-state index contributed by atoms with van der Waals surface area (Å²) < 4.78 is 4.38. The van der Waals surface area contributed by atoms with E-state index >= 15 is 0 Å². The van der Waals surface area contributed by atoms with Gasteiger partial charge >= 0.3 is 0 Å². The first kappa shape index (κ1) is 51.2. The van der Waals surface area contributed by atoms with Crippen LogP contribution < -0.4 is 0 Å². The number of fused-ring (bicyclic) bond motifs is 6. The SMILES string of the molecule is N#Cc1c(-n2c3ccccc3c3cc(-c4nc(-c5ccccc5)nc(-c5ccccc5)n4)ccc32)cc(-c2nc(-c3ccccc3)nc(-c3ccccc3)n2)cc1-n1c2ccccc2c2cc(-c3nc(-c4ccccc4)nc(-c4ccccc4)n3)ccc21. The van der Waals surface area contributed by atoms with E-state index in [1.165, 1.54) is 0 Å². The van der Waals surface area contributed by atoms with Gasteiger partial charge in [0.15, 0.2) is 52.4 Å². The van der Waals surface area contributed by atoms with E-state index in [2.05, 4.69) is 75.9 Å². The van der Waals surface area contributed by atoms with E-state index in [-0.39, 0.29) is 0 Å². The van der Waals surface area contributed by atoms with Crippen LogP contribution in [0.4, 0.5) is 0 Å². The van der Waals surface area contributed by atoms with Crippen LogP contribution >= 0.6 is 0 Å². The van der Waals surface area contributed by atoms with Crippen LogP contribution in [0.25, 0.3) is 157 Å². The lowest BCUT2D eigenvalue weighted by Gasteiger charge is -2.18. The van der Waals surface area contributed by atoms with Gasteiger partial charge in [0.25, 0.3) is 0 Å². The third-order valence-corrected chi connectivity index (χ3v) is 15.9. The average Bonchev–Trinajstić information content (AvgIpc) is 1.77. The second kappa shape index (κ2) is 21.6. The molecule has 0 saturated heterocycles. The summed E-state index contributed by atoms with van der Waals surface area (Å²) in [6.45, 7) is 0. The summed E-state index contributed by atoms with van der Waals surface area (Å²) in [6, 6.07) is 96.0. The standard InChI is InChI=1S/C76H46N12/c77-47-61-66(87-62-37-21-19-35-57(62)59-43-54(39-41-64(59)87)74-81-68(48-23-7-1-8-24-48)78-69(82-74)49-25-9-2-10-26-49)45-56(76-85-72(52-31-15-5-16-32-52)80-73(86-76)53-33-17-6-18-34-53)46-67(61)88-63-38-22-20-36-58(63)60-44-55(40-42-65(60)88)75-83-70(50-27-11-3-12-28-50)79-71(84-75)51-29-13-4-14-30-51/h1-46H. The topological polar surface area (TPSA) is 150 Å². The van der Waals surface area contributed by atoms with E-state index in [4.69, 9.17) is 44.9 Å². The Kier molecular flexibility index (Phi) is 12.6. The van der Waals surface area contributed by atoms with Crippen LogP contribution in [-0.4, -0.2) is 54.0 Å². The van der Waals surface area contributed by atoms with Crippen molar-refractivity contribution in [2.75, 3.05) is 0 Å². The molecule has 5 aromatic heterocycles. The molecular formula is C76H46N12. The molecule has 11 aromatic carbocycles. The van der Waals surface area contributed by atoms with Crippen molar-refractivity contribution >= 4 is 43.6 Å². The van der Waals surface area contributed by atoms with Crippen molar-refractivity contribution in [1.82, 2.24) is 54.0 Å². The van der Waals surface area contributed by atoms with E-state index in [1.54, 1.807) is 0 Å². The molecule has 16 rings (SSSR count). The smallest absolute Gasteiger partial charge is 0.164 e. The maximum atomic E-state index is 12.0. The molecule has 0 fully saturated rings. The number of benzene rings is 11. The largest absolute Gasteiger partial charge is 0.308 e. The predicted octanol–water partition coefficient (Wildman–Crippen LogP) is 17.3. The highest BCUT2D eigenvalue weighted by Gasteiger charge is 2.26. The molecule has 0 bridgehead atoms. The van der Waals surface area contributed by atoms with Gasteiger partial charge in [0.1, 0.15) is 11.6 Å². The molecular weight excluding hydrogens is 1080 g/mol. The summed E-state index contributed by atoms with van der Waals surface area (Å²) in [5.41, 5.74) is 12.7. The Labute approximate surface area is 504 Å². The molecule has 0 aliphatic rings. The fourth-order valence-corrected chi connectivity index (χ4v) is 11.8. The van der Waals surface area contributed by atoms with Crippen LogP contribution in [0, 0.1) is 11.3 Å². The maximum Gasteiger partial charge on any atom is 0.164 e. The van der Waals surface area contributed by atoms with Gasteiger partial charge in [0.05, 0.1) is 33.4 Å². The molecule has 0 N–H and O–H groups in total. The van der Waals surface area contributed by atoms with Crippen molar-refractivity contribution in [2.24, 2.45) is 0 Å². The molecule has 12 heteroatoms. The van der Waals surface area contributed by atoms with Crippen LogP contribution in [0.15, 0.2) is 279 Å². The fraction of sp³-hybridized carbons (Fsp3) is 0. The Morgan fingerprint density at radius 1 is 0.216 bits per heavy atom. The molecule has 88 heavy (non-hydrogen) atoms. The van der Waals surface area contributed by atoms with Crippen molar-refractivity contribution in [3.63, 3.8) is 0 Å². The van der Waals surface area contributed by atoms with E-state index in [0.29, 0.717) is 74.9 Å². The second-order valence-electron chi connectivity index (χ2n) is 21.3. The van der Waals surface area contributed by atoms with Gasteiger partial charge in [-0.2, -0.15) is 5.26 Å². The predicted molar refractivity (Wildman–Crippen MR) is 349 cm³/mol. The lowest BCUT2D eigenvalue weighted by Crippen LogP contribution is -2.07. The molecule has 0 unspecified atom stereocenters.